The Balaban J connectivity index is 1.58. The summed E-state index contributed by atoms with van der Waals surface area (Å²) >= 11 is 13.0. The average molecular weight is 504 g/mol. The van der Waals surface area contributed by atoms with Crippen LogP contribution >= 0.6 is 23.2 Å². The van der Waals surface area contributed by atoms with Gasteiger partial charge in [0.1, 0.15) is 0 Å². The van der Waals surface area contributed by atoms with Crippen LogP contribution in [0.1, 0.15) is 78.4 Å². The summed E-state index contributed by atoms with van der Waals surface area (Å²) in [5.41, 5.74) is 2.70. The lowest BCUT2D eigenvalue weighted by Gasteiger charge is -2.42. The van der Waals surface area contributed by atoms with Gasteiger partial charge in [0.25, 0.3) is 0 Å². The number of nitrogens with zero attached hydrogens (tertiary/aromatic N) is 2. The van der Waals surface area contributed by atoms with E-state index in [1.807, 2.05) is 24.3 Å². The Morgan fingerprint density at radius 2 is 0.941 bits per heavy atom. The van der Waals surface area contributed by atoms with Crippen LogP contribution in [0.15, 0.2) is 48.5 Å². The molecule has 0 N–H and O–H groups in total. The van der Waals surface area contributed by atoms with E-state index in [1.54, 1.807) is 0 Å². The Hall–Kier alpha value is -1.06. The predicted octanol–water partition coefficient (Wildman–Crippen LogP) is 8.70. The van der Waals surface area contributed by atoms with E-state index >= 15 is 0 Å². The van der Waals surface area contributed by atoms with Gasteiger partial charge in [-0.15, -0.1) is 0 Å². The highest BCUT2D eigenvalue weighted by Gasteiger charge is 2.31. The van der Waals surface area contributed by atoms with Crippen molar-refractivity contribution in [1.82, 2.24) is 9.80 Å². The third-order valence-electron chi connectivity index (χ3n) is 7.46. The Morgan fingerprint density at radius 3 is 1.24 bits per heavy atom. The molecule has 0 bridgehead atoms. The standard InChI is InChI=1S/C30H44Cl2N2/c1-29(2,3)33(21-25-11-7-9-13-27(25)31)19-23-15-17-24(18-16-23)20-34(30(4,5)6)22-26-12-8-10-14-28(26)32/h7-14,23-24H,15-22H2,1-6H3. The second kappa shape index (κ2) is 11.8. The average Bonchev–Trinajstić information content (AvgIpc) is 2.75. The Morgan fingerprint density at radius 1 is 0.618 bits per heavy atom. The van der Waals surface area contributed by atoms with Crippen molar-refractivity contribution in [3.8, 4) is 0 Å². The number of hydrogen-bond donors (Lipinski definition) is 0. The number of rotatable bonds is 8. The largest absolute Gasteiger partial charge is 0.294 e. The van der Waals surface area contributed by atoms with Crippen LogP contribution in [0, 0.1) is 11.8 Å². The van der Waals surface area contributed by atoms with Crippen molar-refractivity contribution in [2.75, 3.05) is 13.1 Å². The molecule has 0 amide bonds. The van der Waals surface area contributed by atoms with E-state index in [1.165, 1.54) is 36.8 Å². The first-order chi connectivity index (χ1) is 15.9. The van der Waals surface area contributed by atoms with Gasteiger partial charge in [0.15, 0.2) is 0 Å². The summed E-state index contributed by atoms with van der Waals surface area (Å²) in [7, 11) is 0. The minimum absolute atomic E-state index is 0.119. The predicted molar refractivity (Wildman–Crippen MR) is 149 cm³/mol. The molecule has 0 unspecified atom stereocenters. The molecule has 3 rings (SSSR count). The zero-order valence-corrected chi connectivity index (χ0v) is 23.6. The van der Waals surface area contributed by atoms with Gasteiger partial charge in [0.05, 0.1) is 0 Å². The van der Waals surface area contributed by atoms with Gasteiger partial charge < -0.3 is 0 Å². The van der Waals surface area contributed by atoms with Gasteiger partial charge >= 0.3 is 0 Å². The first-order valence-corrected chi connectivity index (χ1v) is 13.7. The van der Waals surface area contributed by atoms with Gasteiger partial charge in [0.2, 0.25) is 0 Å². The lowest BCUT2D eigenvalue weighted by Crippen LogP contribution is -2.46. The summed E-state index contributed by atoms with van der Waals surface area (Å²) in [6.07, 6.45) is 5.24. The van der Waals surface area contributed by atoms with Gasteiger partial charge in [0, 0.05) is 47.3 Å². The van der Waals surface area contributed by atoms with Gasteiger partial charge in [-0.25, -0.2) is 0 Å². The zero-order chi connectivity index (χ0) is 24.9. The lowest BCUT2D eigenvalue weighted by atomic mass is 9.80. The second-order valence-electron chi connectivity index (χ2n) is 12.2. The van der Waals surface area contributed by atoms with Crippen LogP contribution in [0.4, 0.5) is 0 Å². The zero-order valence-electron chi connectivity index (χ0n) is 22.1. The Labute approximate surface area is 218 Å². The van der Waals surface area contributed by atoms with E-state index < -0.39 is 0 Å². The molecule has 1 aliphatic rings. The summed E-state index contributed by atoms with van der Waals surface area (Å²) in [5.74, 6) is 1.51. The minimum atomic E-state index is 0.119. The van der Waals surface area contributed by atoms with Gasteiger partial charge in [-0.1, -0.05) is 59.6 Å². The van der Waals surface area contributed by atoms with Crippen molar-refractivity contribution < 1.29 is 0 Å². The third-order valence-corrected chi connectivity index (χ3v) is 8.20. The molecule has 188 valence electrons. The van der Waals surface area contributed by atoms with E-state index in [-0.39, 0.29) is 11.1 Å². The Bertz CT molecular complexity index is 829. The fraction of sp³-hybridized carbons (Fsp3) is 0.600. The molecule has 0 aromatic heterocycles. The molecular formula is C30H44Cl2N2. The summed E-state index contributed by atoms with van der Waals surface area (Å²) < 4.78 is 0. The molecular weight excluding hydrogens is 459 g/mol. The van der Waals surface area contributed by atoms with Crippen LogP contribution in [-0.2, 0) is 13.1 Å². The molecule has 2 nitrogen and oxygen atoms in total. The molecule has 1 saturated carbocycles. The molecule has 4 heteroatoms. The second-order valence-corrected chi connectivity index (χ2v) is 13.0. The number of halogens is 2. The van der Waals surface area contributed by atoms with Crippen molar-refractivity contribution in [2.45, 2.75) is 91.4 Å². The van der Waals surface area contributed by atoms with Crippen LogP contribution in [0.3, 0.4) is 0 Å². The molecule has 34 heavy (non-hydrogen) atoms. The molecule has 2 aromatic rings. The van der Waals surface area contributed by atoms with Gasteiger partial charge in [-0.3, -0.25) is 9.80 Å². The van der Waals surface area contributed by atoms with Crippen LogP contribution in [-0.4, -0.2) is 34.0 Å². The summed E-state index contributed by atoms with van der Waals surface area (Å²) in [6.45, 7) is 18.1. The minimum Gasteiger partial charge on any atom is -0.294 e. The maximum absolute atomic E-state index is 6.49. The van der Waals surface area contributed by atoms with Crippen molar-refractivity contribution in [3.05, 3.63) is 69.7 Å². The summed E-state index contributed by atoms with van der Waals surface area (Å²) in [4.78, 5) is 5.25. The van der Waals surface area contributed by atoms with E-state index in [4.69, 9.17) is 23.2 Å². The quantitative estimate of drug-likeness (QED) is 0.355. The molecule has 0 saturated heterocycles. The fourth-order valence-electron chi connectivity index (χ4n) is 5.04. The highest BCUT2D eigenvalue weighted by Crippen LogP contribution is 2.34. The topological polar surface area (TPSA) is 6.48 Å². The lowest BCUT2D eigenvalue weighted by molar-refractivity contribution is 0.0658. The normalized spacial score (nSPS) is 19.7. The molecule has 1 aliphatic carbocycles. The van der Waals surface area contributed by atoms with E-state index in [2.05, 4.69) is 75.6 Å². The van der Waals surface area contributed by atoms with Gasteiger partial charge in [-0.05, 0) is 102 Å². The monoisotopic (exact) mass is 502 g/mol. The van der Waals surface area contributed by atoms with E-state index in [0.29, 0.717) is 0 Å². The fourth-order valence-corrected chi connectivity index (χ4v) is 5.43. The molecule has 2 aromatic carbocycles. The van der Waals surface area contributed by atoms with Crippen LogP contribution in [0.2, 0.25) is 10.0 Å². The van der Waals surface area contributed by atoms with Gasteiger partial charge in [-0.2, -0.15) is 0 Å². The highest BCUT2D eigenvalue weighted by atomic mass is 35.5. The SMILES string of the molecule is CC(C)(C)N(Cc1ccccc1Cl)CC1CCC(CN(Cc2ccccc2Cl)C(C)(C)C)CC1. The summed E-state index contributed by atoms with van der Waals surface area (Å²) in [6, 6.07) is 16.6. The maximum atomic E-state index is 6.49. The summed E-state index contributed by atoms with van der Waals surface area (Å²) in [5, 5.41) is 1.75. The van der Waals surface area contributed by atoms with E-state index in [0.717, 1.165) is 48.1 Å². The number of benzene rings is 2. The molecule has 1 fully saturated rings. The molecule has 0 radical (unpaired) electrons. The van der Waals surface area contributed by atoms with Crippen molar-refractivity contribution in [2.24, 2.45) is 11.8 Å². The molecule has 0 spiro atoms. The van der Waals surface area contributed by atoms with Crippen LogP contribution in [0.25, 0.3) is 0 Å². The van der Waals surface area contributed by atoms with Crippen LogP contribution in [0.5, 0.6) is 0 Å². The van der Waals surface area contributed by atoms with Crippen LogP contribution < -0.4 is 0 Å². The molecule has 0 aliphatic heterocycles. The first-order valence-electron chi connectivity index (χ1n) is 12.9. The van der Waals surface area contributed by atoms with Crippen molar-refractivity contribution >= 4 is 23.2 Å². The smallest absolute Gasteiger partial charge is 0.0451 e. The highest BCUT2D eigenvalue weighted by molar-refractivity contribution is 6.31. The number of hydrogen-bond acceptors (Lipinski definition) is 2. The van der Waals surface area contributed by atoms with E-state index in [9.17, 15) is 0 Å². The third kappa shape index (κ3) is 7.98. The first kappa shape index (κ1) is 27.5. The van der Waals surface area contributed by atoms with Crippen molar-refractivity contribution in [3.63, 3.8) is 0 Å². The Kier molecular flexibility index (Phi) is 9.54. The molecule has 0 heterocycles. The van der Waals surface area contributed by atoms with Crippen molar-refractivity contribution in [1.29, 1.82) is 0 Å². The maximum Gasteiger partial charge on any atom is 0.0451 e. The molecule has 0 atom stereocenters.